The highest BCUT2D eigenvalue weighted by Crippen LogP contribution is 2.25. The van der Waals surface area contributed by atoms with Crippen molar-refractivity contribution in [3.63, 3.8) is 0 Å². The first kappa shape index (κ1) is 30.4. The number of anilines is 1. The van der Waals surface area contributed by atoms with Crippen molar-refractivity contribution in [1.29, 1.82) is 0 Å². The summed E-state index contributed by atoms with van der Waals surface area (Å²) in [4.78, 5) is 28.2. The number of carbonyl (C=O) groups excluding carboxylic acids is 2. The molecule has 0 saturated heterocycles. The van der Waals surface area contributed by atoms with Crippen LogP contribution in [0, 0.1) is 26.7 Å². The van der Waals surface area contributed by atoms with Gasteiger partial charge in [-0.2, -0.15) is 0 Å². The number of amides is 2. The molecular weight excluding hydrogens is 486 g/mol. The van der Waals surface area contributed by atoms with E-state index in [0.717, 1.165) is 22.3 Å². The topological polar surface area (TPSA) is 86.8 Å². The van der Waals surface area contributed by atoms with Crippen molar-refractivity contribution >= 4 is 27.5 Å². The van der Waals surface area contributed by atoms with Crippen molar-refractivity contribution < 1.29 is 18.0 Å². The standard InChI is InChI=1S/C29H43N3O4S/c1-8-26(29(34)30-19-21(2)3)31(20-25-14-9-12-22(4)18-25)28(33)16-11-17-32(37(7,35)36)27-15-10-13-23(5)24(27)6/h9-10,12-15,18,21,26H,8,11,16-17,19-20H2,1-7H3,(H,30,34)/t26-/m1/s1. The van der Waals surface area contributed by atoms with Gasteiger partial charge in [0.05, 0.1) is 11.9 Å². The molecule has 2 aromatic rings. The van der Waals surface area contributed by atoms with E-state index in [1.807, 2.05) is 77.9 Å². The van der Waals surface area contributed by atoms with Gasteiger partial charge in [-0.3, -0.25) is 13.9 Å². The number of sulfonamides is 1. The second-order valence-electron chi connectivity index (χ2n) is 10.2. The minimum atomic E-state index is -3.53. The molecule has 0 aliphatic carbocycles. The Kier molecular flexibility index (Phi) is 11.2. The molecule has 2 aromatic carbocycles. The van der Waals surface area contributed by atoms with Gasteiger partial charge in [0.1, 0.15) is 6.04 Å². The van der Waals surface area contributed by atoms with Crippen molar-refractivity contribution in [2.24, 2.45) is 5.92 Å². The van der Waals surface area contributed by atoms with E-state index >= 15 is 0 Å². The molecule has 0 heterocycles. The number of benzene rings is 2. The first-order valence-electron chi connectivity index (χ1n) is 13.0. The van der Waals surface area contributed by atoms with Crippen LogP contribution in [-0.2, 0) is 26.2 Å². The third kappa shape index (κ3) is 8.88. The first-order valence-corrected chi connectivity index (χ1v) is 14.9. The van der Waals surface area contributed by atoms with E-state index < -0.39 is 16.1 Å². The Balaban J connectivity index is 2.24. The van der Waals surface area contributed by atoms with Crippen molar-refractivity contribution in [2.75, 3.05) is 23.7 Å². The third-order valence-electron chi connectivity index (χ3n) is 6.50. The maximum atomic E-state index is 13.5. The van der Waals surface area contributed by atoms with Gasteiger partial charge in [-0.15, -0.1) is 0 Å². The SMILES string of the molecule is CC[C@H](C(=O)NCC(C)C)N(Cc1cccc(C)c1)C(=O)CCCN(c1cccc(C)c1C)S(C)(=O)=O. The summed E-state index contributed by atoms with van der Waals surface area (Å²) in [5.74, 6) is -0.0257. The van der Waals surface area contributed by atoms with Gasteiger partial charge in [0.15, 0.2) is 0 Å². The van der Waals surface area contributed by atoms with E-state index in [9.17, 15) is 18.0 Å². The maximum absolute atomic E-state index is 13.5. The lowest BCUT2D eigenvalue weighted by Gasteiger charge is -2.31. The van der Waals surface area contributed by atoms with E-state index in [1.165, 1.54) is 10.6 Å². The van der Waals surface area contributed by atoms with Crippen LogP contribution in [0.2, 0.25) is 0 Å². The second-order valence-corrected chi connectivity index (χ2v) is 12.1. The fourth-order valence-corrected chi connectivity index (χ4v) is 5.35. The number of carbonyl (C=O) groups is 2. The highest BCUT2D eigenvalue weighted by atomic mass is 32.2. The van der Waals surface area contributed by atoms with Gasteiger partial charge in [0, 0.05) is 26.1 Å². The maximum Gasteiger partial charge on any atom is 0.242 e. The molecule has 0 aliphatic heterocycles. The van der Waals surface area contributed by atoms with Crippen molar-refractivity contribution in [1.82, 2.24) is 10.2 Å². The summed E-state index contributed by atoms with van der Waals surface area (Å²) in [5, 5.41) is 2.97. The Morgan fingerprint density at radius 3 is 2.30 bits per heavy atom. The molecule has 8 heteroatoms. The largest absolute Gasteiger partial charge is 0.354 e. The Bertz CT molecular complexity index is 1180. The zero-order valence-electron chi connectivity index (χ0n) is 23.4. The van der Waals surface area contributed by atoms with E-state index in [2.05, 4.69) is 5.32 Å². The zero-order valence-corrected chi connectivity index (χ0v) is 24.2. The van der Waals surface area contributed by atoms with Crippen LogP contribution in [0.1, 0.15) is 62.3 Å². The molecule has 0 aromatic heterocycles. The predicted octanol–water partition coefficient (Wildman–Crippen LogP) is 4.74. The number of rotatable bonds is 13. The highest BCUT2D eigenvalue weighted by Gasteiger charge is 2.29. The summed E-state index contributed by atoms with van der Waals surface area (Å²) >= 11 is 0. The number of hydrogen-bond donors (Lipinski definition) is 1. The van der Waals surface area contributed by atoms with Crippen LogP contribution in [0.15, 0.2) is 42.5 Å². The smallest absolute Gasteiger partial charge is 0.242 e. The van der Waals surface area contributed by atoms with E-state index in [0.29, 0.717) is 37.5 Å². The number of nitrogens with zero attached hydrogens (tertiary/aromatic N) is 2. The number of nitrogens with one attached hydrogen (secondary N) is 1. The van der Waals surface area contributed by atoms with Crippen LogP contribution in [0.5, 0.6) is 0 Å². The Hall–Kier alpha value is -2.87. The Morgan fingerprint density at radius 2 is 1.70 bits per heavy atom. The second kappa shape index (κ2) is 13.6. The molecule has 7 nitrogen and oxygen atoms in total. The van der Waals surface area contributed by atoms with Gasteiger partial charge >= 0.3 is 0 Å². The van der Waals surface area contributed by atoms with Crippen molar-refractivity contribution in [3.8, 4) is 0 Å². The predicted molar refractivity (Wildman–Crippen MR) is 151 cm³/mol. The van der Waals surface area contributed by atoms with Crippen molar-refractivity contribution in [2.45, 2.75) is 73.4 Å². The molecule has 204 valence electrons. The molecule has 2 rings (SSSR count). The summed E-state index contributed by atoms with van der Waals surface area (Å²) in [7, 11) is -3.53. The average molecular weight is 530 g/mol. The van der Waals surface area contributed by atoms with E-state index in [4.69, 9.17) is 0 Å². The molecular formula is C29H43N3O4S. The summed E-state index contributed by atoms with van der Waals surface area (Å²) in [6.07, 6.45) is 2.15. The average Bonchev–Trinajstić information content (AvgIpc) is 2.81. The number of aryl methyl sites for hydroxylation is 2. The summed E-state index contributed by atoms with van der Waals surface area (Å²) in [6.45, 7) is 12.9. The van der Waals surface area contributed by atoms with Crippen LogP contribution in [-0.4, -0.2) is 50.5 Å². The zero-order chi connectivity index (χ0) is 27.8. The fraction of sp³-hybridized carbons (Fsp3) is 0.517. The molecule has 0 unspecified atom stereocenters. The van der Waals surface area contributed by atoms with Crippen LogP contribution >= 0.6 is 0 Å². The highest BCUT2D eigenvalue weighted by molar-refractivity contribution is 7.92. The monoisotopic (exact) mass is 529 g/mol. The Morgan fingerprint density at radius 1 is 1.03 bits per heavy atom. The first-order chi connectivity index (χ1) is 17.3. The quantitative estimate of drug-likeness (QED) is 0.406. The Labute approximate surface area is 223 Å². The van der Waals surface area contributed by atoms with Crippen LogP contribution in [0.4, 0.5) is 5.69 Å². The molecule has 0 aliphatic rings. The molecule has 37 heavy (non-hydrogen) atoms. The molecule has 0 saturated carbocycles. The lowest BCUT2D eigenvalue weighted by Crippen LogP contribution is -2.49. The van der Waals surface area contributed by atoms with Crippen molar-refractivity contribution in [3.05, 3.63) is 64.7 Å². The van der Waals surface area contributed by atoms with Gasteiger partial charge in [-0.1, -0.05) is 62.7 Å². The summed E-state index contributed by atoms with van der Waals surface area (Å²) in [5.41, 5.74) is 4.57. The minimum absolute atomic E-state index is 0.136. The molecule has 1 atom stereocenters. The van der Waals surface area contributed by atoms with E-state index in [-0.39, 0.29) is 24.8 Å². The minimum Gasteiger partial charge on any atom is -0.354 e. The lowest BCUT2D eigenvalue weighted by atomic mass is 10.1. The lowest BCUT2D eigenvalue weighted by molar-refractivity contribution is -0.141. The van der Waals surface area contributed by atoms with Crippen LogP contribution < -0.4 is 9.62 Å². The summed E-state index contributed by atoms with van der Waals surface area (Å²) in [6, 6.07) is 12.9. The molecule has 0 fully saturated rings. The molecule has 1 N–H and O–H groups in total. The van der Waals surface area contributed by atoms with Crippen LogP contribution in [0.3, 0.4) is 0 Å². The van der Waals surface area contributed by atoms with Gasteiger partial charge in [0.25, 0.3) is 0 Å². The van der Waals surface area contributed by atoms with Crippen LogP contribution in [0.25, 0.3) is 0 Å². The molecule has 0 bridgehead atoms. The molecule has 0 spiro atoms. The fourth-order valence-electron chi connectivity index (χ4n) is 4.34. The molecule has 2 amide bonds. The molecule has 0 radical (unpaired) electrons. The number of hydrogen-bond acceptors (Lipinski definition) is 4. The van der Waals surface area contributed by atoms with Gasteiger partial charge in [-0.05, 0) is 62.3 Å². The summed E-state index contributed by atoms with van der Waals surface area (Å²) < 4.78 is 26.6. The van der Waals surface area contributed by atoms with E-state index in [1.54, 1.807) is 11.0 Å². The van der Waals surface area contributed by atoms with Gasteiger partial charge < -0.3 is 10.2 Å². The van der Waals surface area contributed by atoms with Gasteiger partial charge in [0.2, 0.25) is 21.8 Å². The van der Waals surface area contributed by atoms with Gasteiger partial charge in [-0.25, -0.2) is 8.42 Å². The normalized spacial score (nSPS) is 12.3. The third-order valence-corrected chi connectivity index (χ3v) is 7.68.